The van der Waals surface area contributed by atoms with Gasteiger partial charge in [0.1, 0.15) is 16.7 Å². The molecule has 0 bridgehead atoms. The van der Waals surface area contributed by atoms with Crippen molar-refractivity contribution in [2.45, 2.75) is 24.9 Å². The molecule has 0 aliphatic carbocycles. The van der Waals surface area contributed by atoms with Crippen molar-refractivity contribution in [2.24, 2.45) is 0 Å². The number of nitrogens with one attached hydrogen (secondary N) is 2. The van der Waals surface area contributed by atoms with Gasteiger partial charge in [-0.1, -0.05) is 17.8 Å². The highest BCUT2D eigenvalue weighted by molar-refractivity contribution is 8.00. The lowest BCUT2D eigenvalue weighted by Gasteiger charge is -2.12. The molecule has 2 rings (SSSR count). The van der Waals surface area contributed by atoms with E-state index in [-0.39, 0.29) is 22.7 Å². The summed E-state index contributed by atoms with van der Waals surface area (Å²) >= 11 is 2.66. The van der Waals surface area contributed by atoms with Crippen LogP contribution in [-0.2, 0) is 4.79 Å². The van der Waals surface area contributed by atoms with E-state index in [9.17, 15) is 9.59 Å². The van der Waals surface area contributed by atoms with Gasteiger partial charge in [0.15, 0.2) is 0 Å². The first-order valence-corrected chi connectivity index (χ1v) is 8.34. The molecule has 0 aromatic carbocycles. The number of carbonyl (C=O) groups excluding carboxylic acids is 1. The van der Waals surface area contributed by atoms with Crippen molar-refractivity contribution >= 4 is 29.0 Å². The van der Waals surface area contributed by atoms with Gasteiger partial charge in [0.25, 0.3) is 0 Å². The van der Waals surface area contributed by atoms with Gasteiger partial charge < -0.3 is 10.3 Å². The van der Waals surface area contributed by atoms with Gasteiger partial charge in [0, 0.05) is 10.6 Å². The van der Waals surface area contributed by atoms with E-state index in [1.807, 2.05) is 30.5 Å². The molecule has 0 radical (unpaired) electrons. The highest BCUT2D eigenvalue weighted by Crippen LogP contribution is 2.21. The Morgan fingerprint density at radius 2 is 2.41 bits per heavy atom. The SMILES string of the molecule is Cc1[nH]c(=O)nc(SCC(=O)N[C@@H](C)c2cccs2)c1C#N. The van der Waals surface area contributed by atoms with Gasteiger partial charge >= 0.3 is 5.69 Å². The molecule has 2 N–H and O–H groups in total. The summed E-state index contributed by atoms with van der Waals surface area (Å²) in [6.45, 7) is 3.54. The molecule has 2 heterocycles. The molecular weight excluding hydrogens is 320 g/mol. The second-order valence-corrected chi connectivity index (χ2v) is 6.50. The number of aromatic nitrogens is 2. The molecule has 0 spiro atoms. The fraction of sp³-hybridized carbons (Fsp3) is 0.286. The van der Waals surface area contributed by atoms with Crippen LogP contribution in [0.25, 0.3) is 0 Å². The van der Waals surface area contributed by atoms with Crippen LogP contribution in [0.2, 0.25) is 0 Å². The number of nitrogens with zero attached hydrogens (tertiary/aromatic N) is 2. The maximum Gasteiger partial charge on any atom is 0.346 e. The number of H-pyrrole nitrogens is 1. The largest absolute Gasteiger partial charge is 0.348 e. The third kappa shape index (κ3) is 3.96. The molecule has 2 aromatic rings. The Bertz CT molecular complexity index is 762. The topological polar surface area (TPSA) is 98.6 Å². The smallest absolute Gasteiger partial charge is 0.346 e. The minimum atomic E-state index is -0.522. The zero-order chi connectivity index (χ0) is 16.1. The summed E-state index contributed by atoms with van der Waals surface area (Å²) in [5.74, 6) is -0.0742. The van der Waals surface area contributed by atoms with Crippen LogP contribution < -0.4 is 11.0 Å². The Morgan fingerprint density at radius 1 is 1.64 bits per heavy atom. The summed E-state index contributed by atoms with van der Waals surface area (Å²) in [5.41, 5.74) is 0.229. The minimum absolute atomic E-state index is 0.0718. The molecule has 1 atom stereocenters. The van der Waals surface area contributed by atoms with Gasteiger partial charge in [0.05, 0.1) is 11.8 Å². The normalized spacial score (nSPS) is 11.7. The van der Waals surface area contributed by atoms with Crippen LogP contribution in [0.1, 0.15) is 29.1 Å². The van der Waals surface area contributed by atoms with Crippen LogP contribution in [-0.4, -0.2) is 21.6 Å². The number of hydrogen-bond donors (Lipinski definition) is 2. The van der Waals surface area contributed by atoms with E-state index in [4.69, 9.17) is 5.26 Å². The Hall–Kier alpha value is -2.11. The lowest BCUT2D eigenvalue weighted by atomic mass is 10.3. The molecule has 114 valence electrons. The molecule has 22 heavy (non-hydrogen) atoms. The number of carbonyl (C=O) groups is 1. The van der Waals surface area contributed by atoms with Crippen LogP contribution in [0.4, 0.5) is 0 Å². The Balaban J connectivity index is 2.00. The third-order valence-corrected chi connectivity index (χ3v) is 4.92. The zero-order valence-electron chi connectivity index (χ0n) is 12.0. The van der Waals surface area contributed by atoms with Crippen LogP contribution in [0.5, 0.6) is 0 Å². The maximum absolute atomic E-state index is 12.0. The van der Waals surface area contributed by atoms with Crippen LogP contribution >= 0.6 is 23.1 Å². The number of thiophene rings is 1. The van der Waals surface area contributed by atoms with Crippen molar-refractivity contribution in [3.05, 3.63) is 44.1 Å². The van der Waals surface area contributed by atoms with Crippen LogP contribution in [0.3, 0.4) is 0 Å². The quantitative estimate of drug-likeness (QED) is 0.643. The molecule has 0 aliphatic heterocycles. The number of rotatable bonds is 5. The molecule has 0 saturated heterocycles. The molecule has 8 heteroatoms. The summed E-state index contributed by atoms with van der Waals surface area (Å²) in [7, 11) is 0. The van der Waals surface area contributed by atoms with Gasteiger partial charge in [-0.3, -0.25) is 4.79 Å². The minimum Gasteiger partial charge on any atom is -0.348 e. The van der Waals surface area contributed by atoms with E-state index in [1.54, 1.807) is 18.3 Å². The van der Waals surface area contributed by atoms with Crippen molar-refractivity contribution in [1.82, 2.24) is 15.3 Å². The zero-order valence-corrected chi connectivity index (χ0v) is 13.7. The first-order valence-electron chi connectivity index (χ1n) is 6.48. The van der Waals surface area contributed by atoms with Gasteiger partial charge in [-0.25, -0.2) is 4.79 Å². The predicted octanol–water partition coefficient (Wildman–Crippen LogP) is 1.98. The van der Waals surface area contributed by atoms with Crippen molar-refractivity contribution in [2.75, 3.05) is 5.75 Å². The molecule has 0 aliphatic rings. The van der Waals surface area contributed by atoms with Crippen molar-refractivity contribution in [1.29, 1.82) is 5.26 Å². The van der Waals surface area contributed by atoms with E-state index in [0.29, 0.717) is 11.3 Å². The van der Waals surface area contributed by atoms with Gasteiger partial charge in [-0.2, -0.15) is 10.2 Å². The van der Waals surface area contributed by atoms with E-state index in [2.05, 4.69) is 15.3 Å². The average Bonchev–Trinajstić information content (AvgIpc) is 2.99. The number of nitriles is 1. The fourth-order valence-corrected chi connectivity index (χ4v) is 3.40. The average molecular weight is 334 g/mol. The second kappa shape index (κ2) is 7.24. The summed E-state index contributed by atoms with van der Waals surface area (Å²) in [6, 6.07) is 5.81. The van der Waals surface area contributed by atoms with Crippen LogP contribution in [0.15, 0.2) is 27.3 Å². The molecule has 1 amide bonds. The highest BCUT2D eigenvalue weighted by Gasteiger charge is 2.14. The first-order chi connectivity index (χ1) is 10.5. The number of thioether (sulfide) groups is 1. The van der Waals surface area contributed by atoms with Gasteiger partial charge in [-0.15, -0.1) is 11.3 Å². The van der Waals surface area contributed by atoms with Gasteiger partial charge in [-0.05, 0) is 25.3 Å². The molecule has 6 nitrogen and oxygen atoms in total. The second-order valence-electron chi connectivity index (χ2n) is 4.55. The fourth-order valence-electron chi connectivity index (χ4n) is 1.82. The number of aryl methyl sites for hydroxylation is 1. The van der Waals surface area contributed by atoms with Crippen molar-refractivity contribution < 1.29 is 4.79 Å². The maximum atomic E-state index is 12.0. The molecule has 0 unspecified atom stereocenters. The Labute approximate surface area is 135 Å². The highest BCUT2D eigenvalue weighted by atomic mass is 32.2. The standard InChI is InChI=1S/C14H14N4O2S2/c1-8-10(6-15)13(18-14(20)17-8)22-7-12(19)16-9(2)11-4-3-5-21-11/h3-5,9H,7H2,1-2H3,(H,16,19)(H,17,18,20)/t9-/m0/s1. The lowest BCUT2D eigenvalue weighted by Crippen LogP contribution is -2.28. The van der Waals surface area contributed by atoms with E-state index < -0.39 is 5.69 Å². The van der Waals surface area contributed by atoms with E-state index >= 15 is 0 Å². The third-order valence-electron chi connectivity index (χ3n) is 2.89. The molecule has 2 aromatic heterocycles. The van der Waals surface area contributed by atoms with Crippen molar-refractivity contribution in [3.8, 4) is 6.07 Å². The monoisotopic (exact) mass is 334 g/mol. The van der Waals surface area contributed by atoms with Gasteiger partial charge in [0.2, 0.25) is 5.91 Å². The predicted molar refractivity (Wildman–Crippen MR) is 85.9 cm³/mol. The van der Waals surface area contributed by atoms with E-state index in [1.165, 1.54) is 0 Å². The molecular formula is C14H14N4O2S2. The van der Waals surface area contributed by atoms with E-state index in [0.717, 1.165) is 16.6 Å². The molecule has 0 fully saturated rings. The number of aromatic amines is 1. The van der Waals surface area contributed by atoms with Crippen LogP contribution in [0, 0.1) is 18.3 Å². The summed E-state index contributed by atoms with van der Waals surface area (Å²) in [4.78, 5) is 30.6. The Kier molecular flexibility index (Phi) is 5.35. The summed E-state index contributed by atoms with van der Waals surface area (Å²) in [5, 5.41) is 14.2. The summed E-state index contributed by atoms with van der Waals surface area (Å²) < 4.78 is 0. The first kappa shape index (κ1) is 16.3. The summed E-state index contributed by atoms with van der Waals surface area (Å²) in [6.07, 6.45) is 0. The number of amides is 1. The number of hydrogen-bond acceptors (Lipinski definition) is 6. The molecule has 0 saturated carbocycles. The van der Waals surface area contributed by atoms with Crippen molar-refractivity contribution in [3.63, 3.8) is 0 Å². The Morgan fingerprint density at radius 3 is 3.05 bits per heavy atom. The lowest BCUT2D eigenvalue weighted by molar-refractivity contribution is -0.119.